The number of ether oxygens (including phenoxy) is 1. The predicted octanol–water partition coefficient (Wildman–Crippen LogP) is 2.03. The number of hydrogen-bond acceptors (Lipinski definition) is 4. The number of rotatable bonds is 4. The second-order valence-electron chi connectivity index (χ2n) is 2.48. The van der Waals surface area contributed by atoms with Crippen molar-refractivity contribution in [3.63, 3.8) is 0 Å². The van der Waals surface area contributed by atoms with Crippen LogP contribution in [0.3, 0.4) is 0 Å². The van der Waals surface area contributed by atoms with Crippen LogP contribution in [-0.2, 0) is 4.74 Å². The maximum atomic E-state index is 11.1. The van der Waals surface area contributed by atoms with Crippen LogP contribution in [0.25, 0.3) is 0 Å². The van der Waals surface area contributed by atoms with Crippen molar-refractivity contribution < 1.29 is 18.7 Å². The van der Waals surface area contributed by atoms with E-state index in [1.54, 1.807) is 6.92 Å². The molecule has 0 atom stereocenters. The van der Waals surface area contributed by atoms with Crippen molar-refractivity contribution >= 4 is 27.7 Å². The molecule has 1 rings (SSSR count). The van der Waals surface area contributed by atoms with Crippen molar-refractivity contribution in [2.24, 2.45) is 0 Å². The van der Waals surface area contributed by atoms with Crippen LogP contribution in [-0.4, -0.2) is 23.7 Å². The van der Waals surface area contributed by atoms with Crippen molar-refractivity contribution in [1.29, 1.82) is 0 Å². The highest BCUT2D eigenvalue weighted by Gasteiger charge is 2.14. The molecule has 0 fully saturated rings. The molecule has 4 nitrogen and oxygen atoms in total. The first kappa shape index (κ1) is 11.0. The summed E-state index contributed by atoms with van der Waals surface area (Å²) in [6, 6.07) is 1.38. The Balaban J connectivity index is 2.77. The van der Waals surface area contributed by atoms with Crippen LogP contribution in [0.2, 0.25) is 0 Å². The average molecular weight is 261 g/mol. The minimum absolute atomic E-state index is 0.0520. The molecule has 0 amide bonds. The summed E-state index contributed by atoms with van der Waals surface area (Å²) in [6.45, 7) is 1.98. The topological polar surface area (TPSA) is 56.5 Å². The molecule has 0 aliphatic heterocycles. The zero-order valence-corrected chi connectivity index (χ0v) is 9.17. The number of carbonyl (C=O) groups excluding carboxylic acids is 2. The van der Waals surface area contributed by atoms with Crippen LogP contribution in [0.4, 0.5) is 0 Å². The number of esters is 1. The Morgan fingerprint density at radius 2 is 2.29 bits per heavy atom. The maximum absolute atomic E-state index is 11.1. The summed E-state index contributed by atoms with van der Waals surface area (Å²) >= 11 is 3.02. The van der Waals surface area contributed by atoms with Gasteiger partial charge in [-0.2, -0.15) is 0 Å². The third-order valence-corrected chi connectivity index (χ3v) is 2.03. The van der Waals surface area contributed by atoms with Gasteiger partial charge in [-0.3, -0.25) is 4.79 Å². The van der Waals surface area contributed by atoms with Gasteiger partial charge in [0.2, 0.25) is 5.76 Å². The fraction of sp³-hybridized carbons (Fsp3) is 0.333. The van der Waals surface area contributed by atoms with E-state index < -0.39 is 5.97 Å². The summed E-state index contributed by atoms with van der Waals surface area (Å²) in [6.07, 6.45) is 1.25. The Morgan fingerprint density at radius 1 is 1.57 bits per heavy atom. The van der Waals surface area contributed by atoms with E-state index in [2.05, 4.69) is 15.9 Å². The largest absolute Gasteiger partial charge is 0.460 e. The summed E-state index contributed by atoms with van der Waals surface area (Å²) < 4.78 is 9.58. The fourth-order valence-electron chi connectivity index (χ4n) is 0.869. The Morgan fingerprint density at radius 3 is 2.86 bits per heavy atom. The fourth-order valence-corrected chi connectivity index (χ4v) is 1.19. The van der Waals surface area contributed by atoms with E-state index in [1.807, 2.05) is 0 Å². The van der Waals surface area contributed by atoms with E-state index in [0.717, 1.165) is 0 Å². The highest BCUT2D eigenvalue weighted by Crippen LogP contribution is 2.10. The van der Waals surface area contributed by atoms with Crippen LogP contribution in [0.15, 0.2) is 16.7 Å². The van der Waals surface area contributed by atoms with Gasteiger partial charge in [-0.15, -0.1) is 0 Å². The smallest absolute Gasteiger partial charge is 0.374 e. The molecular formula is C9H9BrO4. The van der Waals surface area contributed by atoms with E-state index in [4.69, 9.17) is 9.15 Å². The van der Waals surface area contributed by atoms with Gasteiger partial charge < -0.3 is 9.15 Å². The summed E-state index contributed by atoms with van der Waals surface area (Å²) in [5.74, 6) is -0.637. The lowest BCUT2D eigenvalue weighted by atomic mass is 10.2. The summed E-state index contributed by atoms with van der Waals surface area (Å²) in [5.41, 5.74) is 0.366. The van der Waals surface area contributed by atoms with Gasteiger partial charge in [-0.1, -0.05) is 15.9 Å². The summed E-state index contributed by atoms with van der Waals surface area (Å²) in [4.78, 5) is 22.3. The van der Waals surface area contributed by atoms with Gasteiger partial charge in [0.25, 0.3) is 0 Å². The molecular weight excluding hydrogens is 252 g/mol. The molecule has 1 heterocycles. The Kier molecular flexibility index (Phi) is 3.88. The van der Waals surface area contributed by atoms with E-state index in [0.29, 0.717) is 5.56 Å². The number of hydrogen-bond donors (Lipinski definition) is 0. The normalized spacial score (nSPS) is 9.86. The molecule has 0 aromatic carbocycles. The number of Topliss-reactive ketones (excluding diaryl/α,β-unsaturated/α-hetero) is 1. The van der Waals surface area contributed by atoms with Crippen molar-refractivity contribution in [3.05, 3.63) is 23.7 Å². The molecule has 0 aliphatic carbocycles. The van der Waals surface area contributed by atoms with Gasteiger partial charge in [0.05, 0.1) is 17.5 Å². The molecule has 5 heteroatoms. The predicted molar refractivity (Wildman–Crippen MR) is 52.8 cm³/mol. The molecule has 0 bridgehead atoms. The van der Waals surface area contributed by atoms with Crippen LogP contribution in [0, 0.1) is 0 Å². The minimum atomic E-state index is -0.555. The molecule has 1 aromatic heterocycles. The quantitative estimate of drug-likeness (QED) is 0.472. The van der Waals surface area contributed by atoms with Crippen LogP contribution < -0.4 is 0 Å². The SMILES string of the molecule is CCOC(=O)c1cc(C(=O)CBr)co1. The van der Waals surface area contributed by atoms with Gasteiger partial charge in [0, 0.05) is 6.07 Å². The lowest BCUT2D eigenvalue weighted by Crippen LogP contribution is -2.03. The molecule has 0 saturated heterocycles. The minimum Gasteiger partial charge on any atom is -0.460 e. The van der Waals surface area contributed by atoms with Gasteiger partial charge in [-0.25, -0.2) is 4.79 Å². The second kappa shape index (κ2) is 4.95. The number of ketones is 1. The lowest BCUT2D eigenvalue weighted by molar-refractivity contribution is 0.0490. The van der Waals surface area contributed by atoms with Crippen molar-refractivity contribution in [2.75, 3.05) is 11.9 Å². The highest BCUT2D eigenvalue weighted by molar-refractivity contribution is 9.09. The van der Waals surface area contributed by atoms with Gasteiger partial charge in [-0.05, 0) is 6.92 Å². The molecule has 0 unspecified atom stereocenters. The molecule has 14 heavy (non-hydrogen) atoms. The number of furan rings is 1. The van der Waals surface area contributed by atoms with Gasteiger partial charge in [0.15, 0.2) is 5.78 Å². The first-order valence-corrected chi connectivity index (χ1v) is 5.16. The Hall–Kier alpha value is -1.10. The van der Waals surface area contributed by atoms with E-state index in [9.17, 15) is 9.59 Å². The van der Waals surface area contributed by atoms with Crippen molar-refractivity contribution in [3.8, 4) is 0 Å². The standard InChI is InChI=1S/C9H9BrO4/c1-2-13-9(12)8-3-6(5-14-8)7(11)4-10/h3,5H,2,4H2,1H3. The van der Waals surface area contributed by atoms with Gasteiger partial charge in [0.1, 0.15) is 6.26 Å². The third-order valence-electron chi connectivity index (χ3n) is 1.52. The van der Waals surface area contributed by atoms with Crippen LogP contribution >= 0.6 is 15.9 Å². The number of halogens is 1. The highest BCUT2D eigenvalue weighted by atomic mass is 79.9. The Bertz CT molecular complexity index is 342. The first-order valence-electron chi connectivity index (χ1n) is 4.03. The van der Waals surface area contributed by atoms with Crippen molar-refractivity contribution in [1.82, 2.24) is 0 Å². The van der Waals surface area contributed by atoms with Crippen molar-refractivity contribution in [2.45, 2.75) is 6.92 Å². The zero-order chi connectivity index (χ0) is 10.6. The molecule has 0 aliphatic rings. The van der Waals surface area contributed by atoms with E-state index >= 15 is 0 Å². The van der Waals surface area contributed by atoms with Gasteiger partial charge >= 0.3 is 5.97 Å². The van der Waals surface area contributed by atoms with E-state index in [-0.39, 0.29) is 23.5 Å². The Labute approximate surface area is 89.4 Å². The monoisotopic (exact) mass is 260 g/mol. The molecule has 1 aromatic rings. The lowest BCUT2D eigenvalue weighted by Gasteiger charge is -1.95. The molecule has 0 radical (unpaired) electrons. The molecule has 76 valence electrons. The maximum Gasteiger partial charge on any atom is 0.374 e. The number of alkyl halides is 1. The second-order valence-corrected chi connectivity index (χ2v) is 3.04. The average Bonchev–Trinajstić information content (AvgIpc) is 2.66. The van der Waals surface area contributed by atoms with E-state index in [1.165, 1.54) is 12.3 Å². The molecule has 0 saturated carbocycles. The molecule has 0 spiro atoms. The third kappa shape index (κ3) is 2.45. The molecule has 0 N–H and O–H groups in total. The summed E-state index contributed by atoms with van der Waals surface area (Å²) in [5, 5.41) is 0.203. The van der Waals surface area contributed by atoms with Crippen LogP contribution in [0.1, 0.15) is 27.8 Å². The van der Waals surface area contributed by atoms with Crippen LogP contribution in [0.5, 0.6) is 0 Å². The first-order chi connectivity index (χ1) is 6.69. The zero-order valence-electron chi connectivity index (χ0n) is 7.58. The number of carbonyl (C=O) groups is 2. The summed E-state index contributed by atoms with van der Waals surface area (Å²) in [7, 11) is 0.